The third-order valence-electron chi connectivity index (χ3n) is 4.61. The molecule has 8 nitrogen and oxygen atoms in total. The van der Waals surface area contributed by atoms with Crippen LogP contribution in [-0.2, 0) is 4.74 Å². The van der Waals surface area contributed by atoms with E-state index < -0.39 is 11.6 Å². The Morgan fingerprint density at radius 1 is 1.36 bits per heavy atom. The molecule has 1 fully saturated rings. The van der Waals surface area contributed by atoms with Crippen LogP contribution in [0.1, 0.15) is 43.6 Å². The van der Waals surface area contributed by atoms with Crippen LogP contribution in [0.15, 0.2) is 10.5 Å². The molecule has 0 aliphatic carbocycles. The zero-order valence-corrected chi connectivity index (χ0v) is 17.3. The molecule has 2 heterocycles. The summed E-state index contributed by atoms with van der Waals surface area (Å²) in [5, 5.41) is 9.85. The summed E-state index contributed by atoms with van der Waals surface area (Å²) in [7, 11) is 0. The molecule has 0 bridgehead atoms. The first kappa shape index (κ1) is 20.3. The average Bonchev–Trinajstić information content (AvgIpc) is 2.96. The largest absolute Gasteiger partial charge is 0.478 e. The summed E-state index contributed by atoms with van der Waals surface area (Å²) >= 11 is 6.14. The van der Waals surface area contributed by atoms with Gasteiger partial charge in [-0.15, -0.1) is 0 Å². The van der Waals surface area contributed by atoms with Crippen molar-refractivity contribution < 1.29 is 23.8 Å². The molecule has 152 valence electrons. The summed E-state index contributed by atoms with van der Waals surface area (Å²) in [6.45, 7) is 10.5. The van der Waals surface area contributed by atoms with Gasteiger partial charge < -0.3 is 24.1 Å². The van der Waals surface area contributed by atoms with Crippen molar-refractivity contribution in [3.8, 4) is 0 Å². The Morgan fingerprint density at radius 2 is 2.04 bits per heavy atom. The van der Waals surface area contributed by atoms with Crippen LogP contribution in [0.4, 0.5) is 10.8 Å². The molecule has 1 unspecified atom stereocenters. The maximum absolute atomic E-state index is 12.3. The van der Waals surface area contributed by atoms with Gasteiger partial charge >= 0.3 is 12.1 Å². The molecule has 0 radical (unpaired) electrons. The lowest BCUT2D eigenvalue weighted by molar-refractivity contribution is 0.0216. The second-order valence-electron chi connectivity index (χ2n) is 7.98. The summed E-state index contributed by atoms with van der Waals surface area (Å²) in [6, 6.07) is 1.81. The highest BCUT2D eigenvalue weighted by atomic mass is 35.5. The predicted octanol–water partition coefficient (Wildman–Crippen LogP) is 3.93. The third-order valence-corrected chi connectivity index (χ3v) is 5.00. The molecule has 1 saturated heterocycles. The molecule has 28 heavy (non-hydrogen) atoms. The number of carbonyl (C=O) groups excluding carboxylic acids is 1. The summed E-state index contributed by atoms with van der Waals surface area (Å²) in [6.07, 6.45) is -0.355. The van der Waals surface area contributed by atoms with Crippen molar-refractivity contribution in [1.29, 1.82) is 0 Å². The van der Waals surface area contributed by atoms with Gasteiger partial charge in [0.2, 0.25) is 0 Å². The number of ether oxygens (including phenoxy) is 1. The Labute approximate surface area is 168 Å². The number of halogens is 1. The lowest BCUT2D eigenvalue weighted by Crippen LogP contribution is -2.54. The molecule has 1 atom stereocenters. The molecular weight excluding hydrogens is 386 g/mol. The summed E-state index contributed by atoms with van der Waals surface area (Å²) in [5.41, 5.74) is 0.528. The molecule has 1 aromatic carbocycles. The fourth-order valence-corrected chi connectivity index (χ4v) is 3.43. The number of carboxylic acids is 1. The summed E-state index contributed by atoms with van der Waals surface area (Å²) in [5.74, 6) is -1.10. The van der Waals surface area contributed by atoms with E-state index in [9.17, 15) is 14.7 Å². The molecule has 2 aromatic rings. The number of amides is 1. The van der Waals surface area contributed by atoms with Crippen molar-refractivity contribution in [1.82, 2.24) is 9.88 Å². The lowest BCUT2D eigenvalue weighted by atomic mass is 10.1. The summed E-state index contributed by atoms with van der Waals surface area (Å²) in [4.78, 5) is 32.0. The minimum atomic E-state index is -1.10. The standard InChI is InChI=1S/C19H24ClN3O5/c1-10-9-22(18(26)28-19(3,4)5)6-7-23(10)17-21-15-13(27-17)8-12(20)11(2)14(15)16(24)25/h8,10H,6-7,9H2,1-5H3,(H,24,25). The van der Waals surface area contributed by atoms with Crippen molar-refractivity contribution in [2.24, 2.45) is 0 Å². The van der Waals surface area contributed by atoms with Gasteiger partial charge in [0.25, 0.3) is 6.01 Å². The quantitative estimate of drug-likeness (QED) is 0.802. The van der Waals surface area contributed by atoms with E-state index in [1.807, 2.05) is 32.6 Å². The number of oxazole rings is 1. The number of hydrogen-bond acceptors (Lipinski definition) is 6. The third kappa shape index (κ3) is 3.87. The van der Waals surface area contributed by atoms with Crippen molar-refractivity contribution >= 4 is 40.8 Å². The van der Waals surface area contributed by atoms with Gasteiger partial charge in [0.15, 0.2) is 5.58 Å². The van der Waals surface area contributed by atoms with Gasteiger partial charge in [0.1, 0.15) is 11.1 Å². The van der Waals surface area contributed by atoms with Gasteiger partial charge in [0, 0.05) is 36.8 Å². The number of nitrogens with zero attached hydrogens (tertiary/aromatic N) is 3. The van der Waals surface area contributed by atoms with E-state index in [2.05, 4.69) is 4.98 Å². The molecule has 1 amide bonds. The monoisotopic (exact) mass is 409 g/mol. The maximum atomic E-state index is 12.3. The molecule has 3 rings (SSSR count). The molecule has 1 aliphatic heterocycles. The van der Waals surface area contributed by atoms with E-state index in [1.54, 1.807) is 17.9 Å². The molecule has 1 aliphatic rings. The zero-order valence-electron chi connectivity index (χ0n) is 16.6. The Balaban J connectivity index is 1.85. The van der Waals surface area contributed by atoms with Crippen LogP contribution in [0.3, 0.4) is 0 Å². The van der Waals surface area contributed by atoms with Crippen LogP contribution in [-0.4, -0.2) is 58.3 Å². The number of benzene rings is 1. The van der Waals surface area contributed by atoms with Crippen LogP contribution < -0.4 is 4.90 Å². The minimum Gasteiger partial charge on any atom is -0.478 e. The lowest BCUT2D eigenvalue weighted by Gasteiger charge is -2.39. The highest BCUT2D eigenvalue weighted by Gasteiger charge is 2.32. The molecule has 1 N–H and O–H groups in total. The number of fused-ring (bicyclic) bond motifs is 1. The fourth-order valence-electron chi connectivity index (χ4n) is 3.24. The Kier molecular flexibility index (Phi) is 5.18. The first-order valence-electron chi connectivity index (χ1n) is 9.05. The SMILES string of the molecule is Cc1c(Cl)cc2oc(N3CCN(C(=O)OC(C)(C)C)CC3C)nc2c1C(=O)O. The number of hydrogen-bond donors (Lipinski definition) is 1. The topological polar surface area (TPSA) is 96.1 Å². The Hall–Kier alpha value is -2.48. The average molecular weight is 410 g/mol. The first-order chi connectivity index (χ1) is 13.0. The highest BCUT2D eigenvalue weighted by Crippen LogP contribution is 2.32. The van der Waals surface area contributed by atoms with Crippen molar-refractivity contribution in [2.75, 3.05) is 24.5 Å². The fraction of sp³-hybridized carbons (Fsp3) is 0.526. The van der Waals surface area contributed by atoms with Crippen molar-refractivity contribution in [2.45, 2.75) is 46.3 Å². The number of carbonyl (C=O) groups is 2. The van der Waals surface area contributed by atoms with Gasteiger partial charge in [0.05, 0.1) is 5.56 Å². The van der Waals surface area contributed by atoms with E-state index in [0.717, 1.165) is 0 Å². The van der Waals surface area contributed by atoms with Gasteiger partial charge in [-0.2, -0.15) is 4.98 Å². The highest BCUT2D eigenvalue weighted by molar-refractivity contribution is 6.32. The number of aromatic carboxylic acids is 1. The normalized spacial score (nSPS) is 17.9. The van der Waals surface area contributed by atoms with Gasteiger partial charge in [-0.3, -0.25) is 0 Å². The second-order valence-corrected chi connectivity index (χ2v) is 8.38. The van der Waals surface area contributed by atoms with Crippen LogP contribution in [0.5, 0.6) is 0 Å². The van der Waals surface area contributed by atoms with E-state index >= 15 is 0 Å². The number of piperazine rings is 1. The van der Waals surface area contributed by atoms with Crippen molar-refractivity contribution in [3.05, 3.63) is 22.2 Å². The Bertz CT molecular complexity index is 934. The van der Waals surface area contributed by atoms with Crippen LogP contribution in [0.25, 0.3) is 11.1 Å². The van der Waals surface area contributed by atoms with Crippen molar-refractivity contribution in [3.63, 3.8) is 0 Å². The summed E-state index contributed by atoms with van der Waals surface area (Å²) < 4.78 is 11.2. The predicted molar refractivity (Wildman–Crippen MR) is 105 cm³/mol. The minimum absolute atomic E-state index is 0.0394. The number of carboxylic acid groups (broad SMARTS) is 1. The van der Waals surface area contributed by atoms with E-state index in [4.69, 9.17) is 20.8 Å². The van der Waals surface area contributed by atoms with E-state index in [-0.39, 0.29) is 23.2 Å². The maximum Gasteiger partial charge on any atom is 0.410 e. The van der Waals surface area contributed by atoms with Gasteiger partial charge in [-0.25, -0.2) is 9.59 Å². The van der Waals surface area contributed by atoms with Gasteiger partial charge in [-0.1, -0.05) is 11.6 Å². The van der Waals surface area contributed by atoms with E-state index in [1.165, 1.54) is 0 Å². The number of rotatable bonds is 2. The van der Waals surface area contributed by atoms with Crippen LogP contribution >= 0.6 is 11.6 Å². The molecule has 0 spiro atoms. The number of aromatic nitrogens is 1. The van der Waals surface area contributed by atoms with Gasteiger partial charge in [-0.05, 0) is 40.2 Å². The second kappa shape index (κ2) is 7.16. The first-order valence-corrected chi connectivity index (χ1v) is 9.43. The molecule has 0 saturated carbocycles. The number of anilines is 1. The van der Waals surface area contributed by atoms with Crippen LogP contribution in [0.2, 0.25) is 5.02 Å². The molecular formula is C19H24ClN3O5. The smallest absolute Gasteiger partial charge is 0.410 e. The van der Waals surface area contributed by atoms with E-state index in [0.29, 0.717) is 41.8 Å². The molecule has 1 aromatic heterocycles. The Morgan fingerprint density at radius 3 is 2.61 bits per heavy atom. The van der Waals surface area contributed by atoms with Crippen LogP contribution in [0, 0.1) is 6.92 Å². The zero-order chi connectivity index (χ0) is 20.8. The molecule has 9 heteroatoms.